The van der Waals surface area contributed by atoms with Gasteiger partial charge in [0.1, 0.15) is 5.75 Å². The molecule has 0 aromatic heterocycles. The molecule has 0 fully saturated rings. The zero-order valence-corrected chi connectivity index (χ0v) is 14.4. The third-order valence-electron chi connectivity index (χ3n) is 3.00. The molecule has 5 nitrogen and oxygen atoms in total. The number of hydrogen-bond donors (Lipinski definition) is 2. The lowest BCUT2D eigenvalue weighted by molar-refractivity contribution is -0.123. The summed E-state index contributed by atoms with van der Waals surface area (Å²) in [5.74, 6) is -0.225. The predicted octanol–water partition coefficient (Wildman–Crippen LogP) is 2.91. The number of hydrogen-bond acceptors (Lipinski definition) is 3. The first-order valence-electron chi connectivity index (χ1n) is 7.00. The normalized spacial score (nSPS) is 10.0. The van der Waals surface area contributed by atoms with Crippen molar-refractivity contribution in [3.8, 4) is 5.75 Å². The van der Waals surface area contributed by atoms with Crippen molar-refractivity contribution in [3.63, 3.8) is 0 Å². The second-order valence-corrected chi connectivity index (χ2v) is 5.95. The summed E-state index contributed by atoms with van der Waals surface area (Å²) >= 11 is 3.28. The summed E-state index contributed by atoms with van der Waals surface area (Å²) in [5, 5.41) is 0. The van der Waals surface area contributed by atoms with Gasteiger partial charge < -0.3 is 4.74 Å². The number of rotatable bonds is 4. The van der Waals surface area contributed by atoms with Gasteiger partial charge in [-0.15, -0.1) is 0 Å². The molecule has 0 aliphatic carbocycles. The van der Waals surface area contributed by atoms with Crippen LogP contribution in [0, 0.1) is 13.8 Å². The molecule has 2 N–H and O–H groups in total. The molecule has 0 saturated carbocycles. The average molecular weight is 377 g/mol. The molecule has 0 heterocycles. The van der Waals surface area contributed by atoms with Crippen LogP contribution in [-0.4, -0.2) is 18.4 Å². The number of carbonyl (C=O) groups is 2. The highest BCUT2D eigenvalue weighted by Gasteiger charge is 2.10. The van der Waals surface area contributed by atoms with Crippen molar-refractivity contribution in [1.82, 2.24) is 10.9 Å². The van der Waals surface area contributed by atoms with E-state index in [4.69, 9.17) is 4.74 Å². The first-order valence-corrected chi connectivity index (χ1v) is 7.80. The van der Waals surface area contributed by atoms with E-state index in [-0.39, 0.29) is 6.61 Å². The minimum atomic E-state index is -0.440. The van der Waals surface area contributed by atoms with Gasteiger partial charge in [-0.05, 0) is 65.2 Å². The zero-order valence-electron chi connectivity index (χ0n) is 12.9. The quantitative estimate of drug-likeness (QED) is 0.806. The van der Waals surface area contributed by atoms with Crippen LogP contribution in [0.4, 0.5) is 0 Å². The van der Waals surface area contributed by atoms with Crippen molar-refractivity contribution < 1.29 is 14.3 Å². The Hall–Kier alpha value is -2.34. The fourth-order valence-electron chi connectivity index (χ4n) is 2.04. The number of aryl methyl sites for hydroxylation is 2. The van der Waals surface area contributed by atoms with E-state index < -0.39 is 11.8 Å². The molecule has 2 amide bonds. The number of ether oxygens (including phenoxy) is 1. The molecule has 2 aromatic carbocycles. The molecule has 0 saturated heterocycles. The molecule has 0 aliphatic rings. The number of carbonyl (C=O) groups excluding carboxylic acids is 2. The van der Waals surface area contributed by atoms with Gasteiger partial charge in [0.25, 0.3) is 11.8 Å². The summed E-state index contributed by atoms with van der Waals surface area (Å²) in [4.78, 5) is 23.7. The van der Waals surface area contributed by atoms with E-state index in [9.17, 15) is 9.59 Å². The standard InChI is InChI=1S/C17H17BrN2O3/c1-11-7-12(2)9-13(8-11)23-10-16(21)19-20-17(22)14-5-3-4-6-15(14)18/h3-9H,10H2,1-2H3,(H,19,21)(H,20,22). The summed E-state index contributed by atoms with van der Waals surface area (Å²) in [6.45, 7) is 3.73. The predicted molar refractivity (Wildman–Crippen MR) is 91.2 cm³/mol. The third kappa shape index (κ3) is 5.10. The first kappa shape index (κ1) is 17.0. The van der Waals surface area contributed by atoms with Crippen LogP contribution in [0.3, 0.4) is 0 Å². The van der Waals surface area contributed by atoms with E-state index in [0.717, 1.165) is 11.1 Å². The summed E-state index contributed by atoms with van der Waals surface area (Å²) in [6, 6.07) is 12.7. The van der Waals surface area contributed by atoms with Gasteiger partial charge in [-0.3, -0.25) is 20.4 Å². The molecule has 0 unspecified atom stereocenters. The van der Waals surface area contributed by atoms with Gasteiger partial charge >= 0.3 is 0 Å². The van der Waals surface area contributed by atoms with Crippen LogP contribution in [0.5, 0.6) is 5.75 Å². The van der Waals surface area contributed by atoms with Crippen LogP contribution in [-0.2, 0) is 4.79 Å². The molecule has 2 rings (SSSR count). The van der Waals surface area contributed by atoms with Gasteiger partial charge in [-0.1, -0.05) is 18.2 Å². The second kappa shape index (κ2) is 7.78. The van der Waals surface area contributed by atoms with Gasteiger partial charge in [0.05, 0.1) is 5.56 Å². The molecular weight excluding hydrogens is 360 g/mol. The van der Waals surface area contributed by atoms with Crippen LogP contribution < -0.4 is 15.6 Å². The number of benzene rings is 2. The maximum absolute atomic E-state index is 11.9. The maximum atomic E-state index is 11.9. The Bertz CT molecular complexity index is 711. The topological polar surface area (TPSA) is 67.4 Å². The number of nitrogens with one attached hydrogen (secondary N) is 2. The Morgan fingerprint density at radius 1 is 1.04 bits per heavy atom. The molecule has 0 radical (unpaired) electrons. The van der Waals surface area contributed by atoms with Crippen molar-refractivity contribution >= 4 is 27.7 Å². The molecule has 23 heavy (non-hydrogen) atoms. The van der Waals surface area contributed by atoms with Gasteiger partial charge in [0, 0.05) is 4.47 Å². The zero-order chi connectivity index (χ0) is 16.8. The number of hydrazine groups is 1. The van der Waals surface area contributed by atoms with Crippen LogP contribution in [0.25, 0.3) is 0 Å². The van der Waals surface area contributed by atoms with Crippen LogP contribution in [0.2, 0.25) is 0 Å². The van der Waals surface area contributed by atoms with Crippen LogP contribution >= 0.6 is 15.9 Å². The van der Waals surface area contributed by atoms with E-state index >= 15 is 0 Å². The third-order valence-corrected chi connectivity index (χ3v) is 3.69. The van der Waals surface area contributed by atoms with Gasteiger partial charge in [0.15, 0.2) is 6.61 Å². The molecule has 0 aliphatic heterocycles. The largest absolute Gasteiger partial charge is 0.484 e. The van der Waals surface area contributed by atoms with Crippen molar-refractivity contribution in [2.75, 3.05) is 6.61 Å². The highest BCUT2D eigenvalue weighted by molar-refractivity contribution is 9.10. The van der Waals surface area contributed by atoms with Crippen molar-refractivity contribution in [2.24, 2.45) is 0 Å². The SMILES string of the molecule is Cc1cc(C)cc(OCC(=O)NNC(=O)c2ccccc2Br)c1. The van der Waals surface area contributed by atoms with Crippen LogP contribution in [0.1, 0.15) is 21.5 Å². The highest BCUT2D eigenvalue weighted by atomic mass is 79.9. The van der Waals surface area contributed by atoms with Gasteiger partial charge in [-0.25, -0.2) is 0 Å². The Labute approximate surface area is 143 Å². The maximum Gasteiger partial charge on any atom is 0.276 e. The molecular formula is C17H17BrN2O3. The Kier molecular flexibility index (Phi) is 5.76. The molecule has 0 atom stereocenters. The van der Waals surface area contributed by atoms with E-state index in [0.29, 0.717) is 15.8 Å². The Balaban J connectivity index is 1.83. The van der Waals surface area contributed by atoms with E-state index in [2.05, 4.69) is 26.8 Å². The van der Waals surface area contributed by atoms with Gasteiger partial charge in [0.2, 0.25) is 0 Å². The molecule has 0 bridgehead atoms. The first-order chi connectivity index (χ1) is 11.0. The monoisotopic (exact) mass is 376 g/mol. The van der Waals surface area contributed by atoms with Gasteiger partial charge in [-0.2, -0.15) is 0 Å². The second-order valence-electron chi connectivity index (χ2n) is 5.09. The minimum Gasteiger partial charge on any atom is -0.484 e. The van der Waals surface area contributed by atoms with E-state index in [1.54, 1.807) is 24.3 Å². The summed E-state index contributed by atoms with van der Waals surface area (Å²) in [6.07, 6.45) is 0. The highest BCUT2D eigenvalue weighted by Crippen LogP contribution is 2.16. The molecule has 0 spiro atoms. The lowest BCUT2D eigenvalue weighted by atomic mass is 10.1. The van der Waals surface area contributed by atoms with E-state index in [1.165, 1.54) is 0 Å². The minimum absolute atomic E-state index is 0.181. The fourth-order valence-corrected chi connectivity index (χ4v) is 2.51. The fraction of sp³-hybridized carbons (Fsp3) is 0.176. The number of amides is 2. The van der Waals surface area contributed by atoms with Crippen molar-refractivity contribution in [2.45, 2.75) is 13.8 Å². The molecule has 2 aromatic rings. The average Bonchev–Trinajstić information content (AvgIpc) is 2.50. The summed E-state index contributed by atoms with van der Waals surface area (Å²) < 4.78 is 6.07. The smallest absolute Gasteiger partial charge is 0.276 e. The summed E-state index contributed by atoms with van der Waals surface area (Å²) in [7, 11) is 0. The molecule has 6 heteroatoms. The molecule has 120 valence electrons. The Morgan fingerprint density at radius 3 is 2.35 bits per heavy atom. The van der Waals surface area contributed by atoms with E-state index in [1.807, 2.05) is 32.0 Å². The number of halogens is 1. The summed E-state index contributed by atoms with van der Waals surface area (Å²) in [5.41, 5.74) is 7.22. The Morgan fingerprint density at radius 2 is 1.70 bits per heavy atom. The van der Waals surface area contributed by atoms with Crippen molar-refractivity contribution in [1.29, 1.82) is 0 Å². The lowest BCUT2D eigenvalue weighted by Crippen LogP contribution is -2.43. The van der Waals surface area contributed by atoms with Crippen molar-refractivity contribution in [3.05, 3.63) is 63.6 Å². The van der Waals surface area contributed by atoms with Crippen LogP contribution in [0.15, 0.2) is 46.9 Å². The lowest BCUT2D eigenvalue weighted by Gasteiger charge is -2.10.